The Balaban J connectivity index is 1.76. The van der Waals surface area contributed by atoms with E-state index in [0.29, 0.717) is 28.8 Å². The number of nitriles is 1. The number of hydrogen-bond acceptors (Lipinski definition) is 9. The van der Waals surface area contributed by atoms with Crippen molar-refractivity contribution in [2.24, 2.45) is 5.92 Å². The zero-order valence-corrected chi connectivity index (χ0v) is 16.0. The predicted molar refractivity (Wildman–Crippen MR) is 108 cm³/mol. The first-order chi connectivity index (χ1) is 14.2. The number of nitrogens with one attached hydrogen (secondary N) is 4. The summed E-state index contributed by atoms with van der Waals surface area (Å²) < 4.78 is 0. The lowest BCUT2D eigenvalue weighted by Gasteiger charge is -2.24. The molecule has 1 aliphatic rings. The fourth-order valence-corrected chi connectivity index (χ4v) is 3.04. The van der Waals surface area contributed by atoms with Gasteiger partial charge in [0.25, 0.3) is 5.91 Å². The average Bonchev–Trinajstić information content (AvgIpc) is 2.77. The SMILES string of the molecule is N#Cc1cnc(Nc2cc(NCC3CCNCC3)c(C(=O)NCCO)cn2)cn1. The number of anilines is 3. The molecule has 0 atom stereocenters. The van der Waals surface area contributed by atoms with Gasteiger partial charge in [0.05, 0.1) is 30.3 Å². The molecule has 5 N–H and O–H groups in total. The van der Waals surface area contributed by atoms with Crippen LogP contribution in [0.1, 0.15) is 28.9 Å². The molecule has 0 spiro atoms. The van der Waals surface area contributed by atoms with Crippen LogP contribution in [0.5, 0.6) is 0 Å². The number of aliphatic hydroxyl groups excluding tert-OH is 1. The molecular weight excluding hydrogens is 372 g/mol. The number of carbonyl (C=O) groups excluding carboxylic acids is 1. The maximum Gasteiger partial charge on any atom is 0.255 e. The molecule has 10 heteroatoms. The van der Waals surface area contributed by atoms with Crippen LogP contribution < -0.4 is 21.3 Å². The molecule has 10 nitrogen and oxygen atoms in total. The number of pyridine rings is 1. The summed E-state index contributed by atoms with van der Waals surface area (Å²) in [6.07, 6.45) is 6.46. The Morgan fingerprint density at radius 1 is 1.21 bits per heavy atom. The molecule has 3 heterocycles. The summed E-state index contributed by atoms with van der Waals surface area (Å²) in [6.45, 7) is 2.79. The van der Waals surface area contributed by atoms with Crippen LogP contribution in [0.4, 0.5) is 17.3 Å². The first-order valence-corrected chi connectivity index (χ1v) is 9.52. The van der Waals surface area contributed by atoms with Gasteiger partial charge in [-0.15, -0.1) is 0 Å². The quantitative estimate of drug-likeness (QED) is 0.433. The van der Waals surface area contributed by atoms with Crippen molar-refractivity contribution in [2.75, 3.05) is 43.4 Å². The van der Waals surface area contributed by atoms with Crippen LogP contribution in [-0.4, -0.2) is 58.8 Å². The monoisotopic (exact) mass is 396 g/mol. The average molecular weight is 396 g/mol. The van der Waals surface area contributed by atoms with Crippen molar-refractivity contribution >= 4 is 23.2 Å². The molecule has 2 aromatic rings. The smallest absolute Gasteiger partial charge is 0.255 e. The van der Waals surface area contributed by atoms with E-state index in [1.165, 1.54) is 18.6 Å². The van der Waals surface area contributed by atoms with Crippen molar-refractivity contribution in [3.63, 3.8) is 0 Å². The molecule has 0 bridgehead atoms. The van der Waals surface area contributed by atoms with Gasteiger partial charge in [-0.1, -0.05) is 0 Å². The number of nitrogens with zero attached hydrogens (tertiary/aromatic N) is 4. The Morgan fingerprint density at radius 3 is 2.69 bits per heavy atom. The van der Waals surface area contributed by atoms with E-state index in [9.17, 15) is 4.79 Å². The Bertz CT molecular complexity index is 860. The van der Waals surface area contributed by atoms with Crippen LogP contribution in [0.3, 0.4) is 0 Å². The summed E-state index contributed by atoms with van der Waals surface area (Å²) in [5, 5.41) is 30.2. The molecule has 0 aliphatic carbocycles. The highest BCUT2D eigenvalue weighted by Gasteiger charge is 2.17. The van der Waals surface area contributed by atoms with Crippen molar-refractivity contribution < 1.29 is 9.90 Å². The van der Waals surface area contributed by atoms with Crippen molar-refractivity contribution in [2.45, 2.75) is 12.8 Å². The van der Waals surface area contributed by atoms with Gasteiger partial charge in [0, 0.05) is 25.4 Å². The molecule has 1 aliphatic heterocycles. The Labute approximate surface area is 168 Å². The van der Waals surface area contributed by atoms with Gasteiger partial charge >= 0.3 is 0 Å². The highest BCUT2D eigenvalue weighted by Crippen LogP contribution is 2.22. The summed E-state index contributed by atoms with van der Waals surface area (Å²) >= 11 is 0. The summed E-state index contributed by atoms with van der Waals surface area (Å²) in [6, 6.07) is 3.66. The van der Waals surface area contributed by atoms with Crippen LogP contribution >= 0.6 is 0 Å². The third-order valence-electron chi connectivity index (χ3n) is 4.61. The first-order valence-electron chi connectivity index (χ1n) is 9.52. The predicted octanol–water partition coefficient (Wildman–Crippen LogP) is 0.620. The fraction of sp³-hybridized carbons (Fsp3) is 0.421. The second-order valence-electron chi connectivity index (χ2n) is 6.69. The van der Waals surface area contributed by atoms with Crippen LogP contribution in [0.15, 0.2) is 24.7 Å². The lowest BCUT2D eigenvalue weighted by atomic mass is 9.98. The Hall–Kier alpha value is -3.29. The van der Waals surface area contributed by atoms with E-state index in [1.54, 1.807) is 6.07 Å². The summed E-state index contributed by atoms with van der Waals surface area (Å²) in [5.74, 6) is 1.16. The van der Waals surface area contributed by atoms with Crippen LogP contribution in [0, 0.1) is 17.2 Å². The highest BCUT2D eigenvalue weighted by molar-refractivity contribution is 5.99. The third-order valence-corrected chi connectivity index (χ3v) is 4.61. The van der Waals surface area contributed by atoms with Gasteiger partial charge in [-0.3, -0.25) is 4.79 Å². The van der Waals surface area contributed by atoms with E-state index in [1.807, 2.05) is 6.07 Å². The molecule has 1 saturated heterocycles. The van der Waals surface area contributed by atoms with Gasteiger partial charge in [0.2, 0.25) is 0 Å². The maximum atomic E-state index is 12.4. The summed E-state index contributed by atoms with van der Waals surface area (Å²) in [4.78, 5) is 24.8. The van der Waals surface area contributed by atoms with Crippen molar-refractivity contribution in [1.82, 2.24) is 25.6 Å². The topological polar surface area (TPSA) is 148 Å². The van der Waals surface area contributed by atoms with E-state index < -0.39 is 0 Å². The molecule has 152 valence electrons. The maximum absolute atomic E-state index is 12.4. The van der Waals surface area contributed by atoms with Gasteiger partial charge in [-0.05, 0) is 31.8 Å². The van der Waals surface area contributed by atoms with E-state index in [2.05, 4.69) is 36.2 Å². The van der Waals surface area contributed by atoms with Gasteiger partial charge in [0.15, 0.2) is 5.69 Å². The lowest BCUT2D eigenvalue weighted by Crippen LogP contribution is -2.32. The largest absolute Gasteiger partial charge is 0.395 e. The number of carbonyl (C=O) groups is 1. The molecule has 1 fully saturated rings. The fourth-order valence-electron chi connectivity index (χ4n) is 3.04. The molecule has 1 amide bonds. The molecule has 2 aromatic heterocycles. The number of amides is 1. The van der Waals surface area contributed by atoms with Gasteiger partial charge in [-0.2, -0.15) is 5.26 Å². The Morgan fingerprint density at radius 2 is 2.00 bits per heavy atom. The highest BCUT2D eigenvalue weighted by atomic mass is 16.3. The van der Waals surface area contributed by atoms with Gasteiger partial charge in [-0.25, -0.2) is 15.0 Å². The third kappa shape index (κ3) is 5.84. The van der Waals surface area contributed by atoms with Gasteiger partial charge in [0.1, 0.15) is 17.7 Å². The van der Waals surface area contributed by atoms with Crippen LogP contribution in [0.25, 0.3) is 0 Å². The normalized spacial score (nSPS) is 14.1. The van der Waals surface area contributed by atoms with Crippen LogP contribution in [0.2, 0.25) is 0 Å². The first kappa shape index (κ1) is 20.4. The minimum absolute atomic E-state index is 0.131. The number of rotatable bonds is 8. The zero-order valence-electron chi connectivity index (χ0n) is 16.0. The minimum atomic E-state index is -0.302. The molecule has 0 radical (unpaired) electrons. The van der Waals surface area contributed by atoms with E-state index >= 15 is 0 Å². The van der Waals surface area contributed by atoms with Crippen molar-refractivity contribution in [3.05, 3.63) is 35.9 Å². The van der Waals surface area contributed by atoms with Crippen molar-refractivity contribution in [3.8, 4) is 6.07 Å². The van der Waals surface area contributed by atoms with E-state index in [0.717, 1.165) is 32.5 Å². The van der Waals surface area contributed by atoms with Crippen molar-refractivity contribution in [1.29, 1.82) is 5.26 Å². The molecule has 0 saturated carbocycles. The number of aliphatic hydroxyl groups is 1. The molecule has 29 heavy (non-hydrogen) atoms. The second-order valence-corrected chi connectivity index (χ2v) is 6.69. The van der Waals surface area contributed by atoms with Crippen LogP contribution in [-0.2, 0) is 0 Å². The number of hydrogen-bond donors (Lipinski definition) is 5. The van der Waals surface area contributed by atoms with E-state index in [-0.39, 0.29) is 24.8 Å². The minimum Gasteiger partial charge on any atom is -0.395 e. The summed E-state index contributed by atoms with van der Waals surface area (Å²) in [7, 11) is 0. The Kier molecular flexibility index (Phi) is 7.27. The number of piperidine rings is 1. The molecular formula is C19H24N8O2. The number of aromatic nitrogens is 3. The molecule has 0 unspecified atom stereocenters. The second kappa shape index (κ2) is 10.3. The zero-order chi connectivity index (χ0) is 20.5. The van der Waals surface area contributed by atoms with Gasteiger partial charge < -0.3 is 26.4 Å². The molecule has 3 rings (SSSR count). The molecule has 0 aromatic carbocycles. The van der Waals surface area contributed by atoms with E-state index in [4.69, 9.17) is 10.4 Å². The lowest BCUT2D eigenvalue weighted by molar-refractivity contribution is 0.0945. The standard InChI is InChI=1S/C19H24N8O2/c20-8-14-10-25-18(12-23-14)27-17-7-16(24-9-13-1-3-21-4-2-13)15(11-26-17)19(29)22-5-6-28/h7,10-13,21,28H,1-6,9H2,(H,22,29)(H2,24,25,26,27). The summed E-state index contributed by atoms with van der Waals surface area (Å²) in [5.41, 5.74) is 1.28.